The van der Waals surface area contributed by atoms with Gasteiger partial charge in [0.1, 0.15) is 23.0 Å². The lowest BCUT2D eigenvalue weighted by molar-refractivity contribution is 0.374. The highest BCUT2D eigenvalue weighted by Gasteiger charge is 2.57. The maximum absolute atomic E-state index is 6.77. The Kier molecular flexibility index (Phi) is 8.11. The molecule has 2 unspecified atom stereocenters. The summed E-state index contributed by atoms with van der Waals surface area (Å²) >= 11 is 0. The van der Waals surface area contributed by atoms with Gasteiger partial charge in [-0.2, -0.15) is 0 Å². The van der Waals surface area contributed by atoms with Crippen molar-refractivity contribution in [3.05, 3.63) is 299 Å². The fraction of sp³-hybridized carbons (Fsp3) is 0.0588. The Morgan fingerprint density at radius 1 is 0.375 bits per heavy atom. The summed E-state index contributed by atoms with van der Waals surface area (Å²) in [5, 5.41) is 2.44. The van der Waals surface area contributed by atoms with Crippen molar-refractivity contribution < 1.29 is 9.47 Å². The second-order valence-electron chi connectivity index (χ2n) is 19.8. The van der Waals surface area contributed by atoms with E-state index in [0.29, 0.717) is 0 Å². The van der Waals surface area contributed by atoms with E-state index in [4.69, 9.17) is 9.47 Å². The zero-order valence-corrected chi connectivity index (χ0v) is 39.1. The number of fused-ring (bicyclic) bond motifs is 21. The topological polar surface area (TPSA) is 26.6 Å². The van der Waals surface area contributed by atoms with Crippen LogP contribution >= 0.6 is 0 Å². The first-order valence-corrected chi connectivity index (χ1v) is 25.1. The molecule has 4 heteroatoms. The van der Waals surface area contributed by atoms with Gasteiger partial charge in [-0.25, -0.2) is 0 Å². The first-order valence-electron chi connectivity index (χ1n) is 25.1. The predicted molar refractivity (Wildman–Crippen MR) is 290 cm³/mol. The molecule has 0 saturated carbocycles. The lowest BCUT2D eigenvalue weighted by Gasteiger charge is -2.43. The predicted octanol–water partition coefficient (Wildman–Crippen LogP) is 17.0. The Balaban J connectivity index is 0.980. The van der Waals surface area contributed by atoms with Crippen LogP contribution in [0.3, 0.4) is 0 Å². The van der Waals surface area contributed by atoms with Gasteiger partial charge in [0, 0.05) is 67.6 Å². The fourth-order valence-corrected chi connectivity index (χ4v) is 13.9. The molecule has 0 radical (unpaired) electrons. The van der Waals surface area contributed by atoms with Crippen LogP contribution in [-0.4, -0.2) is 4.57 Å². The lowest BCUT2D eigenvalue weighted by atomic mass is 9.62. The van der Waals surface area contributed by atoms with Crippen molar-refractivity contribution in [2.24, 2.45) is 5.92 Å². The Morgan fingerprint density at radius 3 is 1.64 bits per heavy atom. The molecule has 0 N–H and O–H groups in total. The maximum Gasteiger partial charge on any atom is 0.132 e. The Morgan fingerprint density at radius 2 is 0.903 bits per heavy atom. The first kappa shape index (κ1) is 39.7. The third kappa shape index (κ3) is 5.10. The maximum atomic E-state index is 6.77. The fourth-order valence-electron chi connectivity index (χ4n) is 13.9. The van der Waals surface area contributed by atoms with Crippen molar-refractivity contribution in [2.45, 2.75) is 16.7 Å². The molecule has 3 heterocycles. The zero-order valence-electron chi connectivity index (χ0n) is 39.1. The molecular formula is C68H44N2O2. The molecule has 11 aromatic rings. The van der Waals surface area contributed by atoms with E-state index in [1.165, 1.54) is 60.8 Å². The van der Waals surface area contributed by atoms with Crippen molar-refractivity contribution in [3.8, 4) is 39.8 Å². The molecule has 4 nitrogen and oxygen atoms in total. The number of hydrogen-bond acceptors (Lipinski definition) is 3. The Labute approximate surface area is 417 Å². The molecule has 0 bridgehead atoms. The quantitative estimate of drug-likeness (QED) is 0.176. The molecule has 2 aliphatic heterocycles. The van der Waals surface area contributed by atoms with Crippen LogP contribution in [0.5, 0.6) is 23.0 Å². The second-order valence-corrected chi connectivity index (χ2v) is 19.8. The van der Waals surface area contributed by atoms with E-state index in [0.717, 1.165) is 62.4 Å². The molecule has 0 saturated heterocycles. The number of ether oxygens (including phenoxy) is 2. The average Bonchev–Trinajstić information content (AvgIpc) is 4.03. The summed E-state index contributed by atoms with van der Waals surface area (Å²) in [6.45, 7) is 0. The second kappa shape index (κ2) is 14.7. The highest BCUT2D eigenvalue weighted by Crippen LogP contribution is 2.66. The van der Waals surface area contributed by atoms with Crippen molar-refractivity contribution in [2.75, 3.05) is 4.90 Å². The van der Waals surface area contributed by atoms with Gasteiger partial charge in [0.05, 0.1) is 21.9 Å². The molecule has 10 aromatic carbocycles. The SMILES string of the molecule is C1=CC2c3cc(N(c4ccc5c(c4)C4(c6ccccc6Oc6ccccc64)c4ccccc4-5)c4ccc5c6ccccc6n(-c6ccccc6)c5c4)ccc3C3(c4ccccc4Oc4ccccc43)C2C=C1. The molecule has 0 fully saturated rings. The highest BCUT2D eigenvalue weighted by molar-refractivity contribution is 6.10. The minimum atomic E-state index is -0.622. The van der Waals surface area contributed by atoms with E-state index in [-0.39, 0.29) is 11.8 Å². The van der Waals surface area contributed by atoms with Crippen LogP contribution < -0.4 is 14.4 Å². The number of hydrogen-bond donors (Lipinski definition) is 0. The Bertz CT molecular complexity index is 4070. The normalized spacial score (nSPS) is 17.2. The number of anilines is 3. The molecular weight excluding hydrogens is 877 g/mol. The summed E-state index contributed by atoms with van der Waals surface area (Å²) < 4.78 is 15.9. The standard InChI is InChI=1S/C68H44N2O2/c1-2-18-43(19-3-1)70-61-29-13-6-22-50(61)51-38-35-46(42-62(51)70)69(44-36-39-55-52(40-44)48-21-5-8-24-54(48)67(55)56-25-9-14-30-63(56)71-64-31-15-10-26-57(64)67)45-34-37-49-47-20-4-7-23-53(47)68(60(49)41-45)58-27-11-16-32-65(58)72-66-33-17-12-28-59(66)68/h1-42,48,54H. The van der Waals surface area contributed by atoms with Gasteiger partial charge in [-0.15, -0.1) is 0 Å². The van der Waals surface area contributed by atoms with Crippen molar-refractivity contribution in [3.63, 3.8) is 0 Å². The van der Waals surface area contributed by atoms with Crippen molar-refractivity contribution in [1.82, 2.24) is 4.57 Å². The van der Waals surface area contributed by atoms with Gasteiger partial charge in [0.25, 0.3) is 0 Å². The molecule has 338 valence electrons. The minimum absolute atomic E-state index is 0.127. The minimum Gasteiger partial charge on any atom is -0.457 e. The largest absolute Gasteiger partial charge is 0.457 e. The number of rotatable bonds is 4. The van der Waals surface area contributed by atoms with E-state index >= 15 is 0 Å². The highest BCUT2D eigenvalue weighted by atomic mass is 16.5. The van der Waals surface area contributed by atoms with Gasteiger partial charge in [-0.3, -0.25) is 0 Å². The molecule has 72 heavy (non-hydrogen) atoms. The molecule has 3 aliphatic carbocycles. The number of para-hydroxylation sites is 6. The molecule has 1 aromatic heterocycles. The van der Waals surface area contributed by atoms with Gasteiger partial charge in [-0.1, -0.05) is 176 Å². The van der Waals surface area contributed by atoms with Gasteiger partial charge < -0.3 is 18.9 Å². The van der Waals surface area contributed by atoms with Gasteiger partial charge >= 0.3 is 0 Å². The van der Waals surface area contributed by atoms with Gasteiger partial charge in [-0.05, 0) is 112 Å². The van der Waals surface area contributed by atoms with E-state index in [9.17, 15) is 0 Å². The van der Waals surface area contributed by atoms with Crippen LogP contribution in [0.15, 0.2) is 255 Å². The van der Waals surface area contributed by atoms with E-state index in [2.05, 4.69) is 264 Å². The molecule has 2 spiro atoms. The molecule has 2 atom stereocenters. The summed E-state index contributed by atoms with van der Waals surface area (Å²) in [6, 6.07) is 84.8. The van der Waals surface area contributed by atoms with Crippen LogP contribution in [-0.2, 0) is 10.8 Å². The number of aromatic nitrogens is 1. The van der Waals surface area contributed by atoms with Crippen LogP contribution in [0.25, 0.3) is 38.6 Å². The molecule has 0 amide bonds. The van der Waals surface area contributed by atoms with Crippen LogP contribution in [0.1, 0.15) is 50.4 Å². The lowest BCUT2D eigenvalue weighted by Crippen LogP contribution is -2.37. The first-order chi connectivity index (χ1) is 35.7. The number of allylic oxidation sites excluding steroid dienone is 4. The van der Waals surface area contributed by atoms with E-state index in [1.54, 1.807) is 0 Å². The van der Waals surface area contributed by atoms with Gasteiger partial charge in [0.15, 0.2) is 0 Å². The summed E-state index contributed by atoms with van der Waals surface area (Å²) in [4.78, 5) is 2.51. The summed E-state index contributed by atoms with van der Waals surface area (Å²) in [5.41, 5.74) is 18.0. The van der Waals surface area contributed by atoms with Crippen LogP contribution in [0.2, 0.25) is 0 Å². The Hall–Kier alpha value is -9.12. The summed E-state index contributed by atoms with van der Waals surface area (Å²) in [7, 11) is 0. The average molecular weight is 921 g/mol. The molecule has 16 rings (SSSR count). The van der Waals surface area contributed by atoms with Crippen LogP contribution in [0, 0.1) is 5.92 Å². The summed E-state index contributed by atoms with van der Waals surface area (Å²) in [6.07, 6.45) is 9.35. The van der Waals surface area contributed by atoms with E-state index in [1.807, 2.05) is 0 Å². The van der Waals surface area contributed by atoms with Gasteiger partial charge in [0.2, 0.25) is 0 Å². The third-order valence-corrected chi connectivity index (χ3v) is 16.6. The third-order valence-electron chi connectivity index (χ3n) is 16.6. The number of nitrogens with zero attached hydrogens (tertiary/aromatic N) is 2. The number of benzene rings is 10. The zero-order chi connectivity index (χ0) is 47.1. The van der Waals surface area contributed by atoms with Crippen molar-refractivity contribution >= 4 is 38.9 Å². The smallest absolute Gasteiger partial charge is 0.132 e. The summed E-state index contributed by atoms with van der Waals surface area (Å²) in [5.74, 6) is 3.87. The monoisotopic (exact) mass is 920 g/mol. The van der Waals surface area contributed by atoms with Crippen LogP contribution in [0.4, 0.5) is 17.1 Å². The van der Waals surface area contributed by atoms with Crippen molar-refractivity contribution in [1.29, 1.82) is 0 Å². The molecule has 5 aliphatic rings. The van der Waals surface area contributed by atoms with E-state index < -0.39 is 10.8 Å².